The van der Waals surface area contributed by atoms with Gasteiger partial charge in [0.05, 0.1) is 17.2 Å². The molecule has 2 amide bonds. The highest BCUT2D eigenvalue weighted by molar-refractivity contribution is 7.92. The smallest absolute Gasteiger partial charge is 0.264 e. The molecule has 4 aromatic rings. The van der Waals surface area contributed by atoms with Crippen molar-refractivity contribution in [3.63, 3.8) is 0 Å². The van der Waals surface area contributed by atoms with Crippen LogP contribution in [-0.4, -0.2) is 50.4 Å². The van der Waals surface area contributed by atoms with E-state index in [2.05, 4.69) is 5.32 Å². The van der Waals surface area contributed by atoms with Crippen LogP contribution in [0.5, 0.6) is 5.75 Å². The monoisotopic (exact) mass is 653 g/mol. The Morgan fingerprint density at radius 1 is 0.830 bits per heavy atom. The Balaban J connectivity index is 1.58. The molecule has 0 saturated heterocycles. The van der Waals surface area contributed by atoms with Crippen LogP contribution in [0.1, 0.15) is 49.3 Å². The maximum Gasteiger partial charge on any atom is 0.264 e. The van der Waals surface area contributed by atoms with Gasteiger partial charge in [-0.25, -0.2) is 8.42 Å². The Morgan fingerprint density at radius 3 is 2.06 bits per heavy atom. The van der Waals surface area contributed by atoms with Gasteiger partial charge in [0.1, 0.15) is 18.3 Å². The first-order valence-corrected chi connectivity index (χ1v) is 17.7. The Bertz CT molecular complexity index is 1720. The number of aryl methyl sites for hydroxylation is 1. The first-order valence-electron chi connectivity index (χ1n) is 16.2. The van der Waals surface area contributed by atoms with E-state index in [1.165, 1.54) is 4.90 Å². The minimum atomic E-state index is -4.23. The van der Waals surface area contributed by atoms with E-state index >= 15 is 0 Å². The molecule has 0 radical (unpaired) electrons. The molecule has 9 heteroatoms. The van der Waals surface area contributed by atoms with Gasteiger partial charge >= 0.3 is 0 Å². The molecule has 0 aromatic heterocycles. The Kier molecular flexibility index (Phi) is 11.3. The number of carbonyl (C=O) groups excluding carboxylic acids is 2. The van der Waals surface area contributed by atoms with Crippen LogP contribution in [0.4, 0.5) is 5.69 Å². The number of ether oxygens (including phenoxy) is 1. The summed E-state index contributed by atoms with van der Waals surface area (Å²) in [5.41, 5.74) is 2.89. The highest BCUT2D eigenvalue weighted by atomic mass is 32.2. The second-order valence-electron chi connectivity index (χ2n) is 11.9. The van der Waals surface area contributed by atoms with Crippen molar-refractivity contribution in [1.29, 1.82) is 0 Å². The number of hydrogen-bond acceptors (Lipinski definition) is 5. The number of amides is 2. The van der Waals surface area contributed by atoms with Gasteiger partial charge in [0.25, 0.3) is 10.0 Å². The van der Waals surface area contributed by atoms with Crippen LogP contribution in [0.15, 0.2) is 114 Å². The van der Waals surface area contributed by atoms with Crippen LogP contribution in [0, 0.1) is 6.92 Å². The molecule has 1 aliphatic rings. The van der Waals surface area contributed by atoms with Crippen LogP contribution in [0.3, 0.4) is 0 Å². The first-order chi connectivity index (χ1) is 22.8. The maximum atomic E-state index is 14.7. The van der Waals surface area contributed by atoms with Crippen molar-refractivity contribution in [3.05, 3.63) is 126 Å². The van der Waals surface area contributed by atoms with Gasteiger partial charge in [-0.15, -0.1) is 0 Å². The van der Waals surface area contributed by atoms with E-state index in [-0.39, 0.29) is 35.5 Å². The van der Waals surface area contributed by atoms with E-state index in [1.807, 2.05) is 74.5 Å². The molecule has 1 atom stereocenters. The van der Waals surface area contributed by atoms with Gasteiger partial charge in [0.2, 0.25) is 11.8 Å². The van der Waals surface area contributed by atoms with E-state index in [0.717, 1.165) is 46.7 Å². The molecule has 0 spiro atoms. The normalized spacial score (nSPS) is 13.9. The fourth-order valence-corrected chi connectivity index (χ4v) is 7.42. The minimum Gasteiger partial charge on any atom is -0.492 e. The van der Waals surface area contributed by atoms with Gasteiger partial charge in [-0.05, 0) is 62.1 Å². The predicted octanol–water partition coefficient (Wildman–Crippen LogP) is 6.29. The topological polar surface area (TPSA) is 96.0 Å². The second-order valence-corrected chi connectivity index (χ2v) is 13.8. The quantitative estimate of drug-likeness (QED) is 0.173. The molecule has 4 aromatic carbocycles. The summed E-state index contributed by atoms with van der Waals surface area (Å²) in [5.74, 6) is -0.404. The van der Waals surface area contributed by atoms with E-state index < -0.39 is 28.5 Å². The number of rotatable bonds is 14. The number of benzene rings is 4. The van der Waals surface area contributed by atoms with E-state index in [0.29, 0.717) is 12.4 Å². The molecule has 1 N–H and O–H groups in total. The van der Waals surface area contributed by atoms with Crippen molar-refractivity contribution < 1.29 is 22.7 Å². The number of anilines is 1. The third-order valence-corrected chi connectivity index (χ3v) is 10.3. The lowest BCUT2D eigenvalue weighted by Gasteiger charge is -2.34. The SMILES string of the molecule is CCOc1ccccc1N(CC(=O)N(Cc1ccccc1)C(Cc1ccccc1)C(=O)NC1CCCC1)S(=O)(=O)c1ccc(C)cc1. The summed E-state index contributed by atoms with van der Waals surface area (Å²) < 4.78 is 35.7. The lowest BCUT2D eigenvalue weighted by atomic mass is 10.0. The highest BCUT2D eigenvalue weighted by Gasteiger charge is 2.36. The molecule has 47 heavy (non-hydrogen) atoms. The van der Waals surface area contributed by atoms with Gasteiger partial charge in [-0.1, -0.05) is 103 Å². The van der Waals surface area contributed by atoms with Gasteiger partial charge in [-0.2, -0.15) is 0 Å². The Labute approximate surface area is 278 Å². The summed E-state index contributed by atoms with van der Waals surface area (Å²) in [6.45, 7) is 3.60. The molecule has 1 aliphatic carbocycles. The zero-order valence-electron chi connectivity index (χ0n) is 27.0. The Hall–Kier alpha value is -4.63. The molecule has 1 unspecified atom stereocenters. The lowest BCUT2D eigenvalue weighted by molar-refractivity contribution is -0.140. The van der Waals surface area contributed by atoms with Crippen molar-refractivity contribution in [1.82, 2.24) is 10.2 Å². The zero-order chi connectivity index (χ0) is 33.2. The molecular formula is C38H43N3O5S. The largest absolute Gasteiger partial charge is 0.492 e. The maximum absolute atomic E-state index is 14.7. The summed E-state index contributed by atoms with van der Waals surface area (Å²) in [6, 6.07) is 31.6. The molecule has 1 fully saturated rings. The highest BCUT2D eigenvalue weighted by Crippen LogP contribution is 2.33. The summed E-state index contributed by atoms with van der Waals surface area (Å²) >= 11 is 0. The van der Waals surface area contributed by atoms with Crippen LogP contribution >= 0.6 is 0 Å². The zero-order valence-corrected chi connectivity index (χ0v) is 27.9. The number of carbonyl (C=O) groups is 2. The van der Waals surface area contributed by atoms with E-state index in [1.54, 1.807) is 48.5 Å². The molecule has 0 aliphatic heterocycles. The van der Waals surface area contributed by atoms with Crippen molar-refractivity contribution in [2.45, 2.75) is 69.5 Å². The van der Waals surface area contributed by atoms with Crippen molar-refractivity contribution in [2.75, 3.05) is 17.5 Å². The predicted molar refractivity (Wildman–Crippen MR) is 185 cm³/mol. The number of nitrogens with zero attached hydrogens (tertiary/aromatic N) is 2. The van der Waals surface area contributed by atoms with Crippen molar-refractivity contribution >= 4 is 27.5 Å². The Morgan fingerprint density at radius 2 is 1.43 bits per heavy atom. The molecule has 246 valence electrons. The molecule has 1 saturated carbocycles. The summed E-state index contributed by atoms with van der Waals surface area (Å²) in [6.07, 6.45) is 4.16. The third-order valence-electron chi connectivity index (χ3n) is 8.49. The lowest BCUT2D eigenvalue weighted by Crippen LogP contribution is -2.54. The number of hydrogen-bond donors (Lipinski definition) is 1. The van der Waals surface area contributed by atoms with E-state index in [4.69, 9.17) is 4.74 Å². The summed E-state index contributed by atoms with van der Waals surface area (Å²) in [5, 5.41) is 3.21. The van der Waals surface area contributed by atoms with Crippen LogP contribution in [0.25, 0.3) is 0 Å². The van der Waals surface area contributed by atoms with E-state index in [9.17, 15) is 18.0 Å². The minimum absolute atomic E-state index is 0.0472. The molecule has 8 nitrogen and oxygen atoms in total. The molecular weight excluding hydrogens is 611 g/mol. The van der Waals surface area contributed by atoms with Gasteiger partial charge in [0.15, 0.2) is 0 Å². The van der Waals surface area contributed by atoms with Crippen LogP contribution < -0.4 is 14.4 Å². The van der Waals surface area contributed by atoms with Crippen molar-refractivity contribution in [3.8, 4) is 5.75 Å². The second kappa shape index (κ2) is 15.8. The van der Waals surface area contributed by atoms with Crippen molar-refractivity contribution in [2.24, 2.45) is 0 Å². The number of para-hydroxylation sites is 2. The number of sulfonamides is 1. The first kappa shape index (κ1) is 33.7. The standard InChI is InChI=1S/C38H43N3O5S/c1-3-46-36-21-13-12-20-34(36)41(47(44,45)33-24-22-29(2)23-25-33)28-37(42)40(27-31-16-8-5-9-17-31)35(26-30-14-6-4-7-15-30)38(43)39-32-18-10-11-19-32/h4-9,12-17,20-25,32,35H,3,10-11,18-19,26-28H2,1-2H3,(H,39,43). The molecule has 5 rings (SSSR count). The fraction of sp³-hybridized carbons (Fsp3) is 0.316. The van der Waals surface area contributed by atoms with Crippen LogP contribution in [-0.2, 0) is 32.6 Å². The average Bonchev–Trinajstić information content (AvgIpc) is 3.60. The van der Waals surface area contributed by atoms with Gasteiger partial charge in [0, 0.05) is 19.0 Å². The fourth-order valence-electron chi connectivity index (χ4n) is 5.99. The third kappa shape index (κ3) is 8.60. The number of nitrogens with one attached hydrogen (secondary N) is 1. The summed E-state index contributed by atoms with van der Waals surface area (Å²) in [7, 11) is -4.23. The average molecular weight is 654 g/mol. The molecule has 0 heterocycles. The van der Waals surface area contributed by atoms with Gasteiger partial charge < -0.3 is 15.0 Å². The van der Waals surface area contributed by atoms with Gasteiger partial charge in [-0.3, -0.25) is 13.9 Å². The molecule has 0 bridgehead atoms. The van der Waals surface area contributed by atoms with Crippen LogP contribution in [0.2, 0.25) is 0 Å². The summed E-state index contributed by atoms with van der Waals surface area (Å²) in [4.78, 5) is 30.4.